The molecule has 0 amide bonds. The van der Waals surface area contributed by atoms with Gasteiger partial charge in [0.05, 0.1) is 0 Å². The van der Waals surface area contributed by atoms with Crippen LogP contribution in [-0.2, 0) is 12.5 Å². The van der Waals surface area contributed by atoms with Gasteiger partial charge in [0.1, 0.15) is 0 Å². The van der Waals surface area contributed by atoms with Crippen molar-refractivity contribution < 1.29 is 0 Å². The van der Waals surface area contributed by atoms with Crippen molar-refractivity contribution in [2.24, 2.45) is 7.05 Å². The second kappa shape index (κ2) is 4.52. The van der Waals surface area contributed by atoms with E-state index in [0.717, 1.165) is 0 Å². The van der Waals surface area contributed by atoms with Crippen LogP contribution in [0.4, 0.5) is 0 Å². The SMILES string of the molecule is Cn1cc(-c2cccc(C(C)(C)C)c2)c2ccccc21. The summed E-state index contributed by atoms with van der Waals surface area (Å²) in [6.45, 7) is 6.78. The second-order valence-electron chi connectivity index (χ2n) is 6.50. The third kappa shape index (κ3) is 2.14. The molecule has 0 aliphatic heterocycles. The Morgan fingerprint density at radius 1 is 0.900 bits per heavy atom. The van der Waals surface area contributed by atoms with E-state index in [9.17, 15) is 0 Å². The van der Waals surface area contributed by atoms with E-state index in [4.69, 9.17) is 0 Å². The van der Waals surface area contributed by atoms with Crippen molar-refractivity contribution in [3.63, 3.8) is 0 Å². The van der Waals surface area contributed by atoms with E-state index < -0.39 is 0 Å². The van der Waals surface area contributed by atoms with Crippen LogP contribution >= 0.6 is 0 Å². The van der Waals surface area contributed by atoms with E-state index in [2.05, 4.69) is 87.1 Å². The molecule has 20 heavy (non-hydrogen) atoms. The van der Waals surface area contributed by atoms with Crippen LogP contribution in [-0.4, -0.2) is 4.57 Å². The minimum Gasteiger partial charge on any atom is -0.350 e. The number of para-hydroxylation sites is 1. The standard InChI is InChI=1S/C19H21N/c1-19(2,3)15-9-7-8-14(12-15)17-13-20(4)18-11-6-5-10-16(17)18/h5-13H,1-4H3. The van der Waals surface area contributed by atoms with Gasteiger partial charge in [-0.25, -0.2) is 0 Å². The molecule has 1 heteroatoms. The highest BCUT2D eigenvalue weighted by atomic mass is 14.9. The molecular weight excluding hydrogens is 242 g/mol. The lowest BCUT2D eigenvalue weighted by molar-refractivity contribution is 0.590. The van der Waals surface area contributed by atoms with Crippen LogP contribution in [0.1, 0.15) is 26.3 Å². The molecule has 0 fully saturated rings. The van der Waals surface area contributed by atoms with Crippen LogP contribution in [0, 0.1) is 0 Å². The molecule has 0 unspecified atom stereocenters. The predicted molar refractivity (Wildman–Crippen MR) is 87.1 cm³/mol. The van der Waals surface area contributed by atoms with E-state index in [1.807, 2.05) is 0 Å². The summed E-state index contributed by atoms with van der Waals surface area (Å²) in [5.74, 6) is 0. The van der Waals surface area contributed by atoms with Crippen molar-refractivity contribution in [2.45, 2.75) is 26.2 Å². The Balaban J connectivity index is 2.21. The second-order valence-corrected chi connectivity index (χ2v) is 6.50. The fourth-order valence-electron chi connectivity index (χ4n) is 2.72. The van der Waals surface area contributed by atoms with Crippen molar-refractivity contribution in [3.8, 4) is 11.1 Å². The molecule has 2 aromatic carbocycles. The average Bonchev–Trinajstić information content (AvgIpc) is 2.76. The maximum Gasteiger partial charge on any atom is 0.0484 e. The molecule has 0 spiro atoms. The predicted octanol–water partition coefficient (Wildman–Crippen LogP) is 5.14. The molecule has 0 bridgehead atoms. The summed E-state index contributed by atoms with van der Waals surface area (Å²) >= 11 is 0. The third-order valence-electron chi connectivity index (χ3n) is 3.94. The average molecular weight is 263 g/mol. The van der Waals surface area contributed by atoms with Crippen LogP contribution in [0.3, 0.4) is 0 Å². The molecule has 1 aromatic heterocycles. The lowest BCUT2D eigenvalue weighted by atomic mass is 9.85. The zero-order valence-electron chi connectivity index (χ0n) is 12.6. The Kier molecular flexibility index (Phi) is 2.93. The van der Waals surface area contributed by atoms with Crippen molar-refractivity contribution in [2.75, 3.05) is 0 Å². The van der Waals surface area contributed by atoms with Gasteiger partial charge in [-0.2, -0.15) is 0 Å². The Morgan fingerprint density at radius 3 is 2.40 bits per heavy atom. The van der Waals surface area contributed by atoms with Gasteiger partial charge in [-0.15, -0.1) is 0 Å². The largest absolute Gasteiger partial charge is 0.350 e. The fraction of sp³-hybridized carbons (Fsp3) is 0.263. The zero-order chi connectivity index (χ0) is 14.3. The Bertz CT molecular complexity index is 757. The number of rotatable bonds is 1. The molecule has 0 saturated carbocycles. The highest BCUT2D eigenvalue weighted by Gasteiger charge is 2.15. The first-order valence-corrected chi connectivity index (χ1v) is 7.12. The Hall–Kier alpha value is -2.02. The first-order chi connectivity index (χ1) is 9.47. The monoisotopic (exact) mass is 263 g/mol. The molecule has 1 nitrogen and oxygen atoms in total. The summed E-state index contributed by atoms with van der Waals surface area (Å²) in [7, 11) is 2.11. The molecular formula is C19H21N. The van der Waals surface area contributed by atoms with E-state index in [0.29, 0.717) is 0 Å². The van der Waals surface area contributed by atoms with Crippen molar-refractivity contribution in [1.82, 2.24) is 4.57 Å². The minimum atomic E-state index is 0.181. The summed E-state index contributed by atoms with van der Waals surface area (Å²) in [6.07, 6.45) is 2.23. The zero-order valence-corrected chi connectivity index (χ0v) is 12.6. The smallest absolute Gasteiger partial charge is 0.0484 e. The number of hydrogen-bond donors (Lipinski definition) is 0. The highest BCUT2D eigenvalue weighted by molar-refractivity contribution is 5.96. The van der Waals surface area contributed by atoms with Gasteiger partial charge in [-0.3, -0.25) is 0 Å². The summed E-state index contributed by atoms with van der Waals surface area (Å²) in [4.78, 5) is 0. The third-order valence-corrected chi connectivity index (χ3v) is 3.94. The Labute approximate surface area is 120 Å². The molecule has 102 valence electrons. The van der Waals surface area contributed by atoms with Gasteiger partial charge in [0.25, 0.3) is 0 Å². The van der Waals surface area contributed by atoms with Gasteiger partial charge in [0.15, 0.2) is 0 Å². The number of benzene rings is 2. The lowest BCUT2D eigenvalue weighted by Crippen LogP contribution is -2.10. The van der Waals surface area contributed by atoms with Crippen molar-refractivity contribution >= 4 is 10.9 Å². The van der Waals surface area contributed by atoms with E-state index in [1.165, 1.54) is 27.6 Å². The van der Waals surface area contributed by atoms with Gasteiger partial charge < -0.3 is 4.57 Å². The summed E-state index contributed by atoms with van der Waals surface area (Å²) in [5.41, 5.74) is 5.45. The summed E-state index contributed by atoms with van der Waals surface area (Å²) < 4.78 is 2.20. The first-order valence-electron chi connectivity index (χ1n) is 7.12. The number of fused-ring (bicyclic) bond motifs is 1. The van der Waals surface area contributed by atoms with Gasteiger partial charge in [-0.05, 0) is 22.6 Å². The van der Waals surface area contributed by atoms with E-state index in [-0.39, 0.29) is 5.41 Å². The van der Waals surface area contributed by atoms with Gasteiger partial charge in [0.2, 0.25) is 0 Å². The molecule has 3 aromatic rings. The summed E-state index contributed by atoms with van der Waals surface area (Å²) in [6, 6.07) is 17.5. The number of hydrogen-bond acceptors (Lipinski definition) is 0. The molecule has 3 rings (SSSR count). The number of nitrogens with zero attached hydrogens (tertiary/aromatic N) is 1. The summed E-state index contributed by atoms with van der Waals surface area (Å²) in [5, 5.41) is 1.32. The maximum absolute atomic E-state index is 2.32. The van der Waals surface area contributed by atoms with Crippen molar-refractivity contribution in [3.05, 3.63) is 60.3 Å². The first kappa shape index (κ1) is 13.0. The maximum atomic E-state index is 2.32. The van der Waals surface area contributed by atoms with Crippen LogP contribution in [0.2, 0.25) is 0 Å². The normalized spacial score (nSPS) is 12.0. The van der Waals surface area contributed by atoms with E-state index >= 15 is 0 Å². The fourth-order valence-corrected chi connectivity index (χ4v) is 2.72. The van der Waals surface area contributed by atoms with Crippen LogP contribution in [0.5, 0.6) is 0 Å². The highest BCUT2D eigenvalue weighted by Crippen LogP contribution is 2.32. The topological polar surface area (TPSA) is 4.93 Å². The molecule has 0 aliphatic carbocycles. The Morgan fingerprint density at radius 2 is 1.65 bits per heavy atom. The molecule has 1 heterocycles. The van der Waals surface area contributed by atoms with E-state index in [1.54, 1.807) is 0 Å². The quantitative estimate of drug-likeness (QED) is 0.572. The van der Waals surface area contributed by atoms with Gasteiger partial charge >= 0.3 is 0 Å². The van der Waals surface area contributed by atoms with Crippen LogP contribution < -0.4 is 0 Å². The lowest BCUT2D eigenvalue weighted by Gasteiger charge is -2.19. The van der Waals surface area contributed by atoms with Gasteiger partial charge in [0, 0.05) is 29.7 Å². The molecule has 0 saturated heterocycles. The van der Waals surface area contributed by atoms with Crippen LogP contribution in [0.25, 0.3) is 22.0 Å². The number of aryl methyl sites for hydroxylation is 1. The molecule has 0 radical (unpaired) electrons. The number of aromatic nitrogens is 1. The van der Waals surface area contributed by atoms with Crippen LogP contribution in [0.15, 0.2) is 54.7 Å². The van der Waals surface area contributed by atoms with Crippen molar-refractivity contribution in [1.29, 1.82) is 0 Å². The minimum absolute atomic E-state index is 0.181. The molecule has 0 atom stereocenters. The van der Waals surface area contributed by atoms with Gasteiger partial charge in [-0.1, -0.05) is 63.2 Å². The molecule has 0 aliphatic rings. The molecule has 0 N–H and O–H groups in total.